The van der Waals surface area contributed by atoms with E-state index in [0.717, 1.165) is 11.1 Å². The van der Waals surface area contributed by atoms with Gasteiger partial charge in [0.25, 0.3) is 0 Å². The van der Waals surface area contributed by atoms with E-state index >= 15 is 0 Å². The Labute approximate surface area is 149 Å². The van der Waals surface area contributed by atoms with Gasteiger partial charge in [0.2, 0.25) is 11.8 Å². The van der Waals surface area contributed by atoms with Crippen molar-refractivity contribution in [3.63, 3.8) is 0 Å². The summed E-state index contributed by atoms with van der Waals surface area (Å²) in [5.41, 5.74) is 2.70. The van der Waals surface area contributed by atoms with Crippen molar-refractivity contribution in [3.8, 4) is 23.2 Å². The second kappa shape index (κ2) is 6.34. The topological polar surface area (TPSA) is 89.4 Å². The summed E-state index contributed by atoms with van der Waals surface area (Å²) in [6.45, 7) is 4.42. The molecule has 0 fully saturated rings. The molecule has 3 aromatic rings. The first kappa shape index (κ1) is 16.4. The lowest BCUT2D eigenvalue weighted by molar-refractivity contribution is 0.0787. The molecule has 1 unspecified atom stereocenters. The fourth-order valence-corrected chi connectivity index (χ4v) is 3.20. The molecule has 3 heterocycles. The number of H-pyrrole nitrogens is 1. The van der Waals surface area contributed by atoms with E-state index in [0.29, 0.717) is 36.0 Å². The van der Waals surface area contributed by atoms with E-state index in [4.69, 9.17) is 9.47 Å². The molecule has 7 heteroatoms. The van der Waals surface area contributed by atoms with Crippen molar-refractivity contribution in [3.05, 3.63) is 63.8 Å². The van der Waals surface area contributed by atoms with Crippen LogP contribution in [-0.2, 0) is 17.8 Å². The molecule has 0 saturated heterocycles. The van der Waals surface area contributed by atoms with Gasteiger partial charge in [-0.25, -0.2) is 14.3 Å². The van der Waals surface area contributed by atoms with E-state index in [1.165, 1.54) is 10.8 Å². The Morgan fingerprint density at radius 3 is 2.92 bits per heavy atom. The van der Waals surface area contributed by atoms with Crippen LogP contribution < -0.4 is 10.4 Å². The highest BCUT2D eigenvalue weighted by Gasteiger charge is 2.23. The number of nitrogens with zero attached hydrogens (tertiary/aromatic N) is 2. The van der Waals surface area contributed by atoms with Crippen molar-refractivity contribution in [2.24, 2.45) is 0 Å². The molecule has 0 saturated carbocycles. The molecule has 2 aromatic heterocycles. The van der Waals surface area contributed by atoms with Gasteiger partial charge in [-0.05, 0) is 31.0 Å². The molecule has 1 aromatic carbocycles. The van der Waals surface area contributed by atoms with E-state index in [2.05, 4.69) is 9.97 Å². The van der Waals surface area contributed by atoms with Gasteiger partial charge in [0.05, 0.1) is 30.3 Å². The van der Waals surface area contributed by atoms with Crippen LogP contribution in [-0.4, -0.2) is 19.6 Å². The van der Waals surface area contributed by atoms with E-state index < -0.39 is 5.69 Å². The van der Waals surface area contributed by atoms with Crippen LogP contribution in [0.4, 0.5) is 0 Å². The molecule has 0 radical (unpaired) electrons. The van der Waals surface area contributed by atoms with Gasteiger partial charge in [0.1, 0.15) is 5.75 Å². The normalized spacial score (nSPS) is 15.8. The number of ether oxygens (including phenoxy) is 2. The van der Waals surface area contributed by atoms with Crippen LogP contribution in [0.25, 0.3) is 5.69 Å². The van der Waals surface area contributed by atoms with E-state index in [1.807, 2.05) is 32.0 Å². The molecule has 1 aliphatic heterocycles. The van der Waals surface area contributed by atoms with Crippen molar-refractivity contribution in [1.82, 2.24) is 14.5 Å². The lowest BCUT2D eigenvalue weighted by atomic mass is 10.1. The molecule has 134 valence electrons. The number of hydrogen-bond donors (Lipinski definition) is 2. The number of aromatic hydroxyl groups is 1. The van der Waals surface area contributed by atoms with Crippen LogP contribution in [0.5, 0.6) is 17.5 Å². The average molecular weight is 353 g/mol. The highest BCUT2D eigenvalue weighted by molar-refractivity contribution is 5.45. The smallest absolute Gasteiger partial charge is 0.333 e. The van der Waals surface area contributed by atoms with Gasteiger partial charge in [-0.3, -0.25) is 0 Å². The second-order valence-electron chi connectivity index (χ2n) is 6.16. The van der Waals surface area contributed by atoms with Gasteiger partial charge < -0.3 is 19.6 Å². The molecule has 0 amide bonds. The predicted molar refractivity (Wildman–Crippen MR) is 94.9 cm³/mol. The first-order valence-corrected chi connectivity index (χ1v) is 8.49. The maximum atomic E-state index is 12.0. The summed E-state index contributed by atoms with van der Waals surface area (Å²) in [6.07, 6.45) is 2.00. The van der Waals surface area contributed by atoms with Crippen LogP contribution in [0, 0.1) is 0 Å². The quantitative estimate of drug-likeness (QED) is 0.752. The summed E-state index contributed by atoms with van der Waals surface area (Å²) in [7, 11) is 0. The molecule has 0 bridgehead atoms. The van der Waals surface area contributed by atoms with E-state index in [-0.39, 0.29) is 12.0 Å². The minimum atomic E-state index is -0.401. The Kier molecular flexibility index (Phi) is 4.00. The Hall–Kier alpha value is -3.06. The van der Waals surface area contributed by atoms with E-state index in [1.54, 1.807) is 12.1 Å². The first-order valence-electron chi connectivity index (χ1n) is 8.49. The summed E-state index contributed by atoms with van der Waals surface area (Å²) in [6, 6.07) is 9.18. The highest BCUT2D eigenvalue weighted by atomic mass is 16.5. The highest BCUT2D eigenvalue weighted by Crippen LogP contribution is 2.38. The molecule has 7 nitrogen and oxygen atoms in total. The molecule has 1 aliphatic rings. The predicted octanol–water partition coefficient (Wildman–Crippen LogP) is 3.21. The molecule has 1 atom stereocenters. The largest absolute Gasteiger partial charge is 0.493 e. The lowest BCUT2D eigenvalue weighted by Crippen LogP contribution is -2.14. The average Bonchev–Trinajstić information content (AvgIpc) is 3.16. The van der Waals surface area contributed by atoms with Crippen molar-refractivity contribution in [1.29, 1.82) is 0 Å². The number of aryl methyl sites for hydroxylation is 1. The first-order chi connectivity index (χ1) is 12.6. The molecule has 0 spiro atoms. The summed E-state index contributed by atoms with van der Waals surface area (Å²) in [5, 5.41) is 10.2. The zero-order valence-electron chi connectivity index (χ0n) is 14.5. The van der Waals surface area contributed by atoms with Gasteiger partial charge in [-0.1, -0.05) is 19.1 Å². The third-order valence-corrected chi connectivity index (χ3v) is 4.54. The maximum absolute atomic E-state index is 12.0. The van der Waals surface area contributed by atoms with Crippen molar-refractivity contribution in [2.45, 2.75) is 33.0 Å². The SMILES string of the molecule is CCc1[nH]c(=O)n(-c2ccc(Oc3cccc4c3C(C)OC4)nc2)c1O. The molecular weight excluding hydrogens is 334 g/mol. The molecular formula is C19H19N3O4. The summed E-state index contributed by atoms with van der Waals surface area (Å²) in [4.78, 5) is 18.9. The van der Waals surface area contributed by atoms with Crippen molar-refractivity contribution >= 4 is 0 Å². The van der Waals surface area contributed by atoms with E-state index in [9.17, 15) is 9.90 Å². The van der Waals surface area contributed by atoms with Crippen LogP contribution in [0.15, 0.2) is 41.3 Å². The zero-order valence-corrected chi connectivity index (χ0v) is 14.5. The van der Waals surface area contributed by atoms with Crippen molar-refractivity contribution < 1.29 is 14.6 Å². The number of rotatable bonds is 4. The van der Waals surface area contributed by atoms with Gasteiger partial charge >= 0.3 is 5.69 Å². The number of imidazole rings is 1. The number of hydrogen-bond acceptors (Lipinski definition) is 5. The van der Waals surface area contributed by atoms with Gasteiger partial charge in [-0.15, -0.1) is 0 Å². The monoisotopic (exact) mass is 353 g/mol. The Bertz CT molecular complexity index is 1000. The number of nitrogens with one attached hydrogen (secondary N) is 1. The Morgan fingerprint density at radius 1 is 1.38 bits per heavy atom. The number of pyridine rings is 1. The molecule has 0 aliphatic carbocycles. The second-order valence-corrected chi connectivity index (χ2v) is 6.16. The van der Waals surface area contributed by atoms with Crippen LogP contribution >= 0.6 is 0 Å². The fraction of sp³-hybridized carbons (Fsp3) is 0.263. The zero-order chi connectivity index (χ0) is 18.3. The number of aromatic amines is 1. The van der Waals surface area contributed by atoms with Crippen LogP contribution in [0.1, 0.15) is 36.8 Å². The summed E-state index contributed by atoms with van der Waals surface area (Å²) < 4.78 is 12.8. The van der Waals surface area contributed by atoms with Crippen molar-refractivity contribution in [2.75, 3.05) is 0 Å². The number of aromatic nitrogens is 3. The van der Waals surface area contributed by atoms with Crippen LogP contribution in [0.3, 0.4) is 0 Å². The fourth-order valence-electron chi connectivity index (χ4n) is 3.20. The van der Waals surface area contributed by atoms with Gasteiger partial charge in [0, 0.05) is 11.6 Å². The number of fused-ring (bicyclic) bond motifs is 1. The third kappa shape index (κ3) is 2.66. The van der Waals surface area contributed by atoms with Crippen LogP contribution in [0.2, 0.25) is 0 Å². The maximum Gasteiger partial charge on any atom is 0.333 e. The Balaban J connectivity index is 1.63. The molecule has 2 N–H and O–H groups in total. The lowest BCUT2D eigenvalue weighted by Gasteiger charge is -2.12. The minimum absolute atomic E-state index is 0.0247. The number of benzene rings is 1. The minimum Gasteiger partial charge on any atom is -0.493 e. The molecule has 26 heavy (non-hydrogen) atoms. The van der Waals surface area contributed by atoms with Gasteiger partial charge in [0.15, 0.2) is 0 Å². The summed E-state index contributed by atoms with van der Waals surface area (Å²) >= 11 is 0. The standard InChI is InChI=1S/C19H19N3O4/c1-3-14-18(23)22(19(24)21-14)13-7-8-16(20-9-13)26-15-6-4-5-12-10-25-11(2)17(12)15/h4-9,11,23H,3,10H2,1-2H3,(H,21,24). The Morgan fingerprint density at radius 2 is 2.23 bits per heavy atom. The van der Waals surface area contributed by atoms with Gasteiger partial charge in [-0.2, -0.15) is 0 Å². The third-order valence-electron chi connectivity index (χ3n) is 4.54. The summed E-state index contributed by atoms with van der Waals surface area (Å²) in [5.74, 6) is 1.02. The molecule has 4 rings (SSSR count).